The summed E-state index contributed by atoms with van der Waals surface area (Å²) in [6.45, 7) is 0.947. The lowest BCUT2D eigenvalue weighted by molar-refractivity contribution is -0.122. The number of furan rings is 1. The van der Waals surface area contributed by atoms with E-state index in [1.165, 1.54) is 16.7 Å². The molecule has 2 aromatic carbocycles. The fourth-order valence-electron chi connectivity index (χ4n) is 3.29. The Balaban J connectivity index is 1.47. The van der Waals surface area contributed by atoms with Gasteiger partial charge in [0.15, 0.2) is 11.5 Å². The fraction of sp³-hybridized carbons (Fsp3) is 0.200. The quantitative estimate of drug-likeness (QED) is 0.216. The van der Waals surface area contributed by atoms with Crippen LogP contribution in [0.1, 0.15) is 11.3 Å². The Kier molecular flexibility index (Phi) is 7.76. The van der Waals surface area contributed by atoms with Crippen LogP contribution >= 0.6 is 24.0 Å². The van der Waals surface area contributed by atoms with E-state index in [0.29, 0.717) is 52.0 Å². The standard InChI is InChI=1S/C25H23NO6S2/c1-28-20-13-17(15-22-24(27)26(25(33)34-22)16-19-9-6-10-30-19)14-21(29-2)23(20)32-12-11-31-18-7-4-3-5-8-18/h3-10,13-15H,11-12,16H2,1-2H3. The van der Waals surface area contributed by atoms with Crippen molar-refractivity contribution in [3.05, 3.63) is 77.1 Å². The average Bonchev–Trinajstić information content (AvgIpc) is 3.46. The Labute approximate surface area is 207 Å². The average molecular weight is 498 g/mol. The molecule has 9 heteroatoms. The van der Waals surface area contributed by atoms with Crippen LogP contribution in [-0.4, -0.2) is 42.6 Å². The molecular weight excluding hydrogens is 474 g/mol. The molecule has 0 radical (unpaired) electrons. The Morgan fingerprint density at radius 1 is 1.00 bits per heavy atom. The zero-order valence-corrected chi connectivity index (χ0v) is 20.3. The van der Waals surface area contributed by atoms with E-state index in [-0.39, 0.29) is 5.91 Å². The third kappa shape index (κ3) is 5.55. The van der Waals surface area contributed by atoms with Crippen molar-refractivity contribution in [1.29, 1.82) is 0 Å². The van der Waals surface area contributed by atoms with Crippen LogP contribution in [0.2, 0.25) is 0 Å². The van der Waals surface area contributed by atoms with Crippen LogP contribution in [0, 0.1) is 0 Å². The molecule has 1 aliphatic rings. The normalized spacial score (nSPS) is 14.5. The molecule has 0 unspecified atom stereocenters. The highest BCUT2D eigenvalue weighted by atomic mass is 32.2. The first-order valence-electron chi connectivity index (χ1n) is 10.4. The number of nitrogens with zero attached hydrogens (tertiary/aromatic N) is 1. The number of carbonyl (C=O) groups is 1. The van der Waals surface area contributed by atoms with Gasteiger partial charge in [-0.2, -0.15) is 0 Å². The largest absolute Gasteiger partial charge is 0.493 e. The molecule has 2 heterocycles. The number of hydrogen-bond acceptors (Lipinski definition) is 8. The van der Waals surface area contributed by atoms with E-state index < -0.39 is 0 Å². The number of carbonyl (C=O) groups excluding carboxylic acids is 1. The van der Waals surface area contributed by atoms with Gasteiger partial charge in [-0.1, -0.05) is 42.2 Å². The lowest BCUT2D eigenvalue weighted by Gasteiger charge is -2.16. The fourth-order valence-corrected chi connectivity index (χ4v) is 4.55. The van der Waals surface area contributed by atoms with Crippen molar-refractivity contribution >= 4 is 40.3 Å². The monoisotopic (exact) mass is 497 g/mol. The third-order valence-electron chi connectivity index (χ3n) is 4.89. The number of thioether (sulfide) groups is 1. The first-order valence-corrected chi connectivity index (χ1v) is 11.7. The van der Waals surface area contributed by atoms with Crippen molar-refractivity contribution in [2.45, 2.75) is 6.54 Å². The molecule has 0 spiro atoms. The van der Waals surface area contributed by atoms with E-state index in [0.717, 1.165) is 11.3 Å². The first-order chi connectivity index (χ1) is 16.6. The van der Waals surface area contributed by atoms with Crippen LogP contribution in [0.25, 0.3) is 6.08 Å². The van der Waals surface area contributed by atoms with E-state index in [9.17, 15) is 4.79 Å². The molecule has 4 rings (SSSR count). The summed E-state index contributed by atoms with van der Waals surface area (Å²) in [5.41, 5.74) is 0.722. The summed E-state index contributed by atoms with van der Waals surface area (Å²) < 4.78 is 28.5. The predicted molar refractivity (Wildman–Crippen MR) is 134 cm³/mol. The lowest BCUT2D eigenvalue weighted by Crippen LogP contribution is -2.27. The van der Waals surface area contributed by atoms with Gasteiger partial charge in [-0.15, -0.1) is 0 Å². The molecule has 1 fully saturated rings. The van der Waals surface area contributed by atoms with E-state index in [2.05, 4.69) is 0 Å². The summed E-state index contributed by atoms with van der Waals surface area (Å²) in [6, 6.07) is 16.7. The second-order valence-electron chi connectivity index (χ2n) is 7.11. The zero-order valence-electron chi connectivity index (χ0n) is 18.7. The number of thiocarbonyl (C=S) groups is 1. The molecular formula is C25H23NO6S2. The topological polar surface area (TPSA) is 70.4 Å². The van der Waals surface area contributed by atoms with E-state index in [4.69, 9.17) is 35.6 Å². The van der Waals surface area contributed by atoms with Gasteiger partial charge in [-0.3, -0.25) is 9.69 Å². The van der Waals surface area contributed by atoms with Crippen LogP contribution in [0.15, 0.2) is 70.2 Å². The van der Waals surface area contributed by atoms with Crippen LogP contribution in [0.4, 0.5) is 0 Å². The molecule has 1 aromatic heterocycles. The van der Waals surface area contributed by atoms with Gasteiger partial charge in [-0.05, 0) is 48.0 Å². The maximum Gasteiger partial charge on any atom is 0.266 e. The number of hydrogen-bond donors (Lipinski definition) is 0. The molecule has 1 aliphatic heterocycles. The van der Waals surface area contributed by atoms with Crippen molar-refractivity contribution in [1.82, 2.24) is 4.90 Å². The Morgan fingerprint density at radius 2 is 1.71 bits per heavy atom. The predicted octanol–water partition coefficient (Wildman–Crippen LogP) is 5.16. The van der Waals surface area contributed by atoms with Crippen LogP contribution in [0.5, 0.6) is 23.0 Å². The molecule has 176 valence electrons. The van der Waals surface area contributed by atoms with Crippen molar-refractivity contribution in [2.75, 3.05) is 27.4 Å². The molecule has 0 saturated carbocycles. The minimum atomic E-state index is -0.178. The highest BCUT2D eigenvalue weighted by Crippen LogP contribution is 2.41. The van der Waals surface area contributed by atoms with Gasteiger partial charge in [-0.25, -0.2) is 0 Å². The minimum Gasteiger partial charge on any atom is -0.493 e. The second kappa shape index (κ2) is 11.1. The van der Waals surface area contributed by atoms with Gasteiger partial charge < -0.3 is 23.4 Å². The number of para-hydroxylation sites is 1. The van der Waals surface area contributed by atoms with Gasteiger partial charge in [0, 0.05) is 0 Å². The number of amides is 1. The zero-order chi connectivity index (χ0) is 23.9. The number of benzene rings is 2. The van der Waals surface area contributed by atoms with Gasteiger partial charge in [0.25, 0.3) is 5.91 Å². The summed E-state index contributed by atoms with van der Waals surface area (Å²) in [4.78, 5) is 14.9. The van der Waals surface area contributed by atoms with Crippen molar-refractivity contribution in [3.8, 4) is 23.0 Å². The summed E-state index contributed by atoms with van der Waals surface area (Å²) in [6.07, 6.45) is 3.33. The third-order valence-corrected chi connectivity index (χ3v) is 6.27. The van der Waals surface area contributed by atoms with Gasteiger partial charge >= 0.3 is 0 Å². The van der Waals surface area contributed by atoms with Gasteiger partial charge in [0.1, 0.15) is 29.0 Å². The summed E-state index contributed by atoms with van der Waals surface area (Å²) in [5.74, 6) is 2.68. The minimum absolute atomic E-state index is 0.178. The number of ether oxygens (including phenoxy) is 4. The van der Waals surface area contributed by atoms with E-state index in [1.807, 2.05) is 36.4 Å². The van der Waals surface area contributed by atoms with Crippen molar-refractivity contribution in [3.63, 3.8) is 0 Å². The molecule has 7 nitrogen and oxygen atoms in total. The number of methoxy groups -OCH3 is 2. The SMILES string of the molecule is COc1cc(C=C2SC(=S)N(Cc3ccco3)C2=O)cc(OC)c1OCCOc1ccccc1. The molecule has 0 N–H and O–H groups in total. The lowest BCUT2D eigenvalue weighted by atomic mass is 10.1. The Morgan fingerprint density at radius 3 is 2.35 bits per heavy atom. The summed E-state index contributed by atoms with van der Waals surface area (Å²) in [5, 5.41) is 0. The maximum atomic E-state index is 12.9. The molecule has 1 saturated heterocycles. The highest BCUT2D eigenvalue weighted by molar-refractivity contribution is 8.26. The van der Waals surface area contributed by atoms with E-state index >= 15 is 0 Å². The first kappa shape index (κ1) is 23.7. The number of rotatable bonds is 10. The maximum absolute atomic E-state index is 12.9. The highest BCUT2D eigenvalue weighted by Gasteiger charge is 2.32. The Bertz CT molecular complexity index is 1150. The molecule has 34 heavy (non-hydrogen) atoms. The molecule has 1 amide bonds. The smallest absolute Gasteiger partial charge is 0.266 e. The Hall–Kier alpha value is -3.43. The van der Waals surface area contributed by atoms with Crippen molar-refractivity contribution in [2.24, 2.45) is 0 Å². The van der Waals surface area contributed by atoms with E-state index in [1.54, 1.807) is 44.8 Å². The molecule has 0 atom stereocenters. The van der Waals surface area contributed by atoms with Crippen LogP contribution in [-0.2, 0) is 11.3 Å². The van der Waals surface area contributed by atoms with Crippen LogP contribution in [0.3, 0.4) is 0 Å². The summed E-state index contributed by atoms with van der Waals surface area (Å²) in [7, 11) is 3.10. The molecule has 3 aromatic rings. The van der Waals surface area contributed by atoms with Gasteiger partial charge in [0.05, 0.1) is 31.9 Å². The molecule has 0 bridgehead atoms. The summed E-state index contributed by atoms with van der Waals surface area (Å²) >= 11 is 6.64. The van der Waals surface area contributed by atoms with Crippen molar-refractivity contribution < 1.29 is 28.2 Å². The second-order valence-corrected chi connectivity index (χ2v) is 8.79. The van der Waals surface area contributed by atoms with Gasteiger partial charge in [0.2, 0.25) is 5.75 Å². The van der Waals surface area contributed by atoms with Crippen LogP contribution < -0.4 is 18.9 Å². The molecule has 0 aliphatic carbocycles.